The van der Waals surface area contributed by atoms with Gasteiger partial charge in [0.25, 0.3) is 17.8 Å². The number of fused-ring (bicyclic) bond motifs is 1. The molecule has 2 unspecified atom stereocenters. The lowest BCUT2D eigenvalue weighted by Crippen LogP contribution is -2.61. The second-order valence-corrected chi connectivity index (χ2v) is 8.70. The third kappa shape index (κ3) is 3.81. The van der Waals surface area contributed by atoms with Gasteiger partial charge in [-0.3, -0.25) is 19.5 Å². The highest BCUT2D eigenvalue weighted by atomic mass is 35.5. The predicted molar refractivity (Wildman–Crippen MR) is 112 cm³/mol. The number of likely N-dealkylation sites (N-methyl/N-ethyl adjacent to an activating group) is 2. The van der Waals surface area contributed by atoms with Crippen LogP contribution in [0, 0.1) is 5.92 Å². The van der Waals surface area contributed by atoms with Crippen molar-refractivity contribution in [1.29, 1.82) is 0 Å². The van der Waals surface area contributed by atoms with Crippen molar-refractivity contribution in [3.05, 3.63) is 34.9 Å². The highest BCUT2D eigenvalue weighted by molar-refractivity contribution is 6.30. The van der Waals surface area contributed by atoms with Gasteiger partial charge in [-0.1, -0.05) is 30.7 Å². The van der Waals surface area contributed by atoms with Gasteiger partial charge in [-0.2, -0.15) is 0 Å². The van der Waals surface area contributed by atoms with E-state index < -0.39 is 6.04 Å². The molecular weight excluding hydrogens is 390 g/mol. The third-order valence-electron chi connectivity index (χ3n) is 5.99. The van der Waals surface area contributed by atoms with Gasteiger partial charge in [0.15, 0.2) is 0 Å². The van der Waals surface area contributed by atoms with Crippen LogP contribution in [0.4, 0.5) is 4.79 Å². The van der Waals surface area contributed by atoms with Crippen LogP contribution in [0.25, 0.3) is 0 Å². The van der Waals surface area contributed by atoms with E-state index in [0.29, 0.717) is 29.9 Å². The quantitative estimate of drug-likeness (QED) is 0.707. The number of urea groups is 1. The Morgan fingerprint density at radius 1 is 1.17 bits per heavy atom. The van der Waals surface area contributed by atoms with Crippen LogP contribution in [-0.2, 0) is 11.3 Å². The zero-order chi connectivity index (χ0) is 20.7. The Morgan fingerprint density at radius 2 is 1.90 bits per heavy atom. The molecule has 0 saturated carbocycles. The molecular formula is C21H27ClN5O2+. The van der Waals surface area contributed by atoms with Crippen molar-refractivity contribution < 1.29 is 14.2 Å². The lowest BCUT2D eigenvalue weighted by Gasteiger charge is -2.31. The molecule has 0 aliphatic carbocycles. The summed E-state index contributed by atoms with van der Waals surface area (Å²) in [5.74, 6) is 1.79. The molecule has 3 amide bonds. The van der Waals surface area contributed by atoms with Gasteiger partial charge in [-0.25, -0.2) is 9.37 Å². The van der Waals surface area contributed by atoms with Crippen LogP contribution in [0.15, 0.2) is 29.3 Å². The Bertz CT molecular complexity index is 895. The number of carbonyl (C=O) groups excluding carboxylic acids is 2. The minimum absolute atomic E-state index is 0.233. The number of amides is 3. The second kappa shape index (κ2) is 7.88. The molecule has 154 valence electrons. The van der Waals surface area contributed by atoms with Crippen molar-refractivity contribution in [2.45, 2.75) is 32.4 Å². The molecule has 4 rings (SSSR count). The largest absolute Gasteiger partial charge is 0.333 e. The SMILES string of the molecule is CC1CCCN(CC2=[N+](Cc3ccc(Cl)cc3)C3C(=O)N(C)C(=O)N(C)C3=N2)C1. The van der Waals surface area contributed by atoms with Crippen molar-refractivity contribution in [3.63, 3.8) is 0 Å². The molecule has 3 aliphatic rings. The van der Waals surface area contributed by atoms with Crippen LogP contribution in [0.2, 0.25) is 5.02 Å². The van der Waals surface area contributed by atoms with Gasteiger partial charge in [0.05, 0.1) is 0 Å². The molecule has 0 radical (unpaired) electrons. The molecule has 8 heteroatoms. The number of hydrogen-bond donors (Lipinski definition) is 0. The molecule has 2 saturated heterocycles. The van der Waals surface area contributed by atoms with Gasteiger partial charge in [-0.15, -0.1) is 0 Å². The molecule has 0 aromatic heterocycles. The predicted octanol–water partition coefficient (Wildman–Crippen LogP) is 2.29. The number of likely N-dealkylation sites (tertiary alicyclic amines) is 1. The van der Waals surface area contributed by atoms with Gasteiger partial charge in [0.2, 0.25) is 0 Å². The summed E-state index contributed by atoms with van der Waals surface area (Å²) >= 11 is 6.03. The maximum atomic E-state index is 13.0. The van der Waals surface area contributed by atoms with Crippen LogP contribution in [-0.4, -0.2) is 82.7 Å². The Hall–Kier alpha value is -2.25. The van der Waals surface area contributed by atoms with Crippen molar-refractivity contribution in [3.8, 4) is 0 Å². The molecule has 0 bridgehead atoms. The molecule has 1 aromatic rings. The van der Waals surface area contributed by atoms with Gasteiger partial charge in [0.1, 0.15) is 13.1 Å². The maximum Gasteiger partial charge on any atom is 0.333 e. The molecule has 3 heterocycles. The third-order valence-corrected chi connectivity index (χ3v) is 6.24. The lowest BCUT2D eigenvalue weighted by molar-refractivity contribution is -0.552. The van der Waals surface area contributed by atoms with Gasteiger partial charge in [0, 0.05) is 25.7 Å². The first-order valence-corrected chi connectivity index (χ1v) is 10.5. The number of imide groups is 1. The van der Waals surface area contributed by atoms with Gasteiger partial charge >= 0.3 is 11.9 Å². The number of piperidine rings is 1. The van der Waals surface area contributed by atoms with Crippen molar-refractivity contribution in [1.82, 2.24) is 14.7 Å². The van der Waals surface area contributed by atoms with Crippen molar-refractivity contribution >= 4 is 35.2 Å². The van der Waals surface area contributed by atoms with Crippen LogP contribution < -0.4 is 0 Å². The number of rotatable bonds is 4. The number of benzene rings is 1. The van der Waals surface area contributed by atoms with E-state index in [1.165, 1.54) is 29.7 Å². The van der Waals surface area contributed by atoms with Gasteiger partial charge < -0.3 is 0 Å². The fourth-order valence-corrected chi connectivity index (χ4v) is 4.50. The highest BCUT2D eigenvalue weighted by Gasteiger charge is 2.53. The smallest absolute Gasteiger partial charge is 0.292 e. The van der Waals surface area contributed by atoms with E-state index in [0.717, 1.165) is 24.5 Å². The first kappa shape index (κ1) is 20.0. The minimum atomic E-state index is -0.574. The topological polar surface area (TPSA) is 59.2 Å². The number of halogens is 1. The average Bonchev–Trinajstić information content (AvgIpc) is 3.04. The minimum Gasteiger partial charge on any atom is -0.292 e. The van der Waals surface area contributed by atoms with E-state index in [4.69, 9.17) is 16.6 Å². The normalized spacial score (nSPS) is 25.6. The summed E-state index contributed by atoms with van der Waals surface area (Å²) in [5.41, 5.74) is 1.05. The van der Waals surface area contributed by atoms with E-state index in [2.05, 4.69) is 11.8 Å². The Morgan fingerprint density at radius 3 is 2.59 bits per heavy atom. The van der Waals surface area contributed by atoms with Crippen molar-refractivity contribution in [2.75, 3.05) is 33.7 Å². The van der Waals surface area contributed by atoms with Crippen LogP contribution in [0.3, 0.4) is 0 Å². The number of carbonyl (C=O) groups is 2. The van der Waals surface area contributed by atoms with E-state index in [1.807, 2.05) is 28.8 Å². The molecule has 0 spiro atoms. The van der Waals surface area contributed by atoms with Crippen molar-refractivity contribution in [2.24, 2.45) is 10.9 Å². The van der Waals surface area contributed by atoms with E-state index in [1.54, 1.807) is 7.05 Å². The summed E-state index contributed by atoms with van der Waals surface area (Å²) < 4.78 is 2.04. The summed E-state index contributed by atoms with van der Waals surface area (Å²) in [6, 6.07) is 6.72. The van der Waals surface area contributed by atoms with Crippen LogP contribution in [0.5, 0.6) is 0 Å². The standard InChI is InChI=1S/C21H27ClN5O2/c1-14-5-4-10-26(11-14)13-17-23-19-18(20(28)25(3)21(29)24(19)2)27(17)12-15-6-8-16(22)9-7-15/h6-9,14,18H,4-5,10-13H2,1-3H3/q+1. The molecule has 2 atom stereocenters. The fraction of sp³-hybridized carbons (Fsp3) is 0.524. The number of amidine groups is 2. The summed E-state index contributed by atoms with van der Waals surface area (Å²) in [6.45, 7) is 5.54. The van der Waals surface area contributed by atoms with Crippen LogP contribution in [0.1, 0.15) is 25.3 Å². The summed E-state index contributed by atoms with van der Waals surface area (Å²) in [4.78, 5) is 35.3. The Balaban J connectivity index is 1.69. The Kier molecular flexibility index (Phi) is 5.44. The molecule has 29 heavy (non-hydrogen) atoms. The maximum absolute atomic E-state index is 13.0. The van der Waals surface area contributed by atoms with Gasteiger partial charge in [-0.05, 0) is 48.0 Å². The first-order chi connectivity index (χ1) is 13.8. The van der Waals surface area contributed by atoms with E-state index >= 15 is 0 Å². The molecule has 1 aromatic carbocycles. The van der Waals surface area contributed by atoms with Crippen LogP contribution >= 0.6 is 11.6 Å². The first-order valence-electron chi connectivity index (χ1n) is 10.1. The summed E-state index contributed by atoms with van der Waals surface area (Å²) in [5, 5.41) is 0.678. The number of hydrogen-bond acceptors (Lipinski definition) is 4. The average molecular weight is 417 g/mol. The number of aliphatic imine (C=N–C) groups is 1. The molecule has 2 fully saturated rings. The Labute approximate surface area is 176 Å². The lowest BCUT2D eigenvalue weighted by atomic mass is 10.0. The molecule has 3 aliphatic heterocycles. The zero-order valence-corrected chi connectivity index (χ0v) is 17.9. The summed E-state index contributed by atoms with van der Waals surface area (Å²) in [6.07, 6.45) is 2.42. The molecule has 7 nitrogen and oxygen atoms in total. The second-order valence-electron chi connectivity index (χ2n) is 8.26. The molecule has 0 N–H and O–H groups in total. The fourth-order valence-electron chi connectivity index (χ4n) is 4.37. The highest BCUT2D eigenvalue weighted by Crippen LogP contribution is 2.23. The summed E-state index contributed by atoms with van der Waals surface area (Å²) in [7, 11) is 3.21. The van der Waals surface area contributed by atoms with E-state index in [-0.39, 0.29) is 11.9 Å². The monoisotopic (exact) mass is 416 g/mol. The number of nitrogens with zero attached hydrogens (tertiary/aromatic N) is 5. The van der Waals surface area contributed by atoms with E-state index in [9.17, 15) is 9.59 Å². The zero-order valence-electron chi connectivity index (χ0n) is 17.1.